The molecule has 1 amide bonds. The molecule has 152 valence electrons. The van der Waals surface area contributed by atoms with Gasteiger partial charge in [-0.1, -0.05) is 65.8 Å². The summed E-state index contributed by atoms with van der Waals surface area (Å²) in [6.45, 7) is 0.384. The van der Waals surface area contributed by atoms with Gasteiger partial charge in [-0.2, -0.15) is 10.1 Å². The molecule has 0 saturated heterocycles. The van der Waals surface area contributed by atoms with Crippen molar-refractivity contribution in [3.8, 4) is 11.4 Å². The topological polar surface area (TPSA) is 97.9 Å². The predicted octanol–water partition coefficient (Wildman–Crippen LogP) is 3.20. The standard InChI is InChI=1S/C22H20N4O4/c27-20(26-14-13-18(24-26)16-7-3-1-4-8-16)11-12-21(28)29-15-19-23-22(25-30-19)17-9-5-2-6-10-17/h1-10H,11-15H2. The lowest BCUT2D eigenvalue weighted by Gasteiger charge is -2.10. The fraction of sp³-hybridized carbons (Fsp3) is 0.227. The summed E-state index contributed by atoms with van der Waals surface area (Å²) >= 11 is 0. The van der Waals surface area contributed by atoms with E-state index in [1.54, 1.807) is 0 Å². The Hall–Kier alpha value is -3.81. The number of aromatic nitrogens is 2. The molecule has 8 heteroatoms. The monoisotopic (exact) mass is 404 g/mol. The maximum absolute atomic E-state index is 12.3. The van der Waals surface area contributed by atoms with E-state index in [1.807, 2.05) is 60.7 Å². The first kappa shape index (κ1) is 19.5. The highest BCUT2D eigenvalue weighted by molar-refractivity contribution is 6.02. The molecular formula is C22H20N4O4. The van der Waals surface area contributed by atoms with Crippen molar-refractivity contribution in [2.75, 3.05) is 6.54 Å². The Labute approximate surface area is 173 Å². The molecule has 3 aromatic rings. The lowest BCUT2D eigenvalue weighted by molar-refractivity contribution is -0.147. The Morgan fingerprint density at radius 3 is 2.40 bits per heavy atom. The van der Waals surface area contributed by atoms with Crippen LogP contribution in [0.3, 0.4) is 0 Å². The van der Waals surface area contributed by atoms with E-state index in [0.29, 0.717) is 18.8 Å². The number of ether oxygens (including phenoxy) is 1. The van der Waals surface area contributed by atoms with Crippen LogP contribution in [0.2, 0.25) is 0 Å². The maximum Gasteiger partial charge on any atom is 0.306 e. The number of hydrazone groups is 1. The van der Waals surface area contributed by atoms with Crippen LogP contribution in [0.1, 0.15) is 30.7 Å². The molecule has 1 aromatic heterocycles. The zero-order valence-electron chi connectivity index (χ0n) is 16.2. The van der Waals surface area contributed by atoms with Gasteiger partial charge in [0.25, 0.3) is 5.89 Å². The minimum Gasteiger partial charge on any atom is -0.456 e. The molecule has 0 fully saturated rings. The van der Waals surface area contributed by atoms with Crippen LogP contribution in [0.25, 0.3) is 11.4 Å². The number of hydrogen-bond acceptors (Lipinski definition) is 7. The number of carbonyl (C=O) groups is 2. The van der Waals surface area contributed by atoms with Crippen molar-refractivity contribution >= 4 is 17.6 Å². The number of nitrogens with zero attached hydrogens (tertiary/aromatic N) is 4. The highest BCUT2D eigenvalue weighted by Crippen LogP contribution is 2.16. The third-order valence-corrected chi connectivity index (χ3v) is 4.60. The van der Waals surface area contributed by atoms with Crippen LogP contribution in [0.5, 0.6) is 0 Å². The molecule has 2 heterocycles. The first-order chi connectivity index (χ1) is 14.7. The van der Waals surface area contributed by atoms with Gasteiger partial charge in [-0.15, -0.1) is 0 Å². The summed E-state index contributed by atoms with van der Waals surface area (Å²) in [5.74, 6) is -0.0839. The molecule has 1 aliphatic rings. The van der Waals surface area contributed by atoms with Crippen LogP contribution in [-0.2, 0) is 20.9 Å². The van der Waals surface area contributed by atoms with E-state index in [4.69, 9.17) is 9.26 Å². The Kier molecular flexibility index (Phi) is 5.93. The van der Waals surface area contributed by atoms with Crippen molar-refractivity contribution in [3.63, 3.8) is 0 Å². The molecule has 2 aromatic carbocycles. The first-order valence-electron chi connectivity index (χ1n) is 9.66. The zero-order chi connectivity index (χ0) is 20.8. The smallest absolute Gasteiger partial charge is 0.306 e. The summed E-state index contributed by atoms with van der Waals surface area (Å²) in [7, 11) is 0. The lowest BCUT2D eigenvalue weighted by Crippen LogP contribution is -2.24. The normalized spacial score (nSPS) is 13.2. The van der Waals surface area contributed by atoms with E-state index < -0.39 is 5.97 Å². The molecule has 0 bridgehead atoms. The number of benzene rings is 2. The minimum atomic E-state index is -0.505. The van der Waals surface area contributed by atoms with Gasteiger partial charge in [0.05, 0.1) is 18.7 Å². The van der Waals surface area contributed by atoms with Gasteiger partial charge in [-0.3, -0.25) is 9.59 Å². The van der Waals surface area contributed by atoms with Gasteiger partial charge in [-0.05, 0) is 5.56 Å². The summed E-state index contributed by atoms with van der Waals surface area (Å²) in [5, 5.41) is 9.66. The van der Waals surface area contributed by atoms with Crippen molar-refractivity contribution in [2.45, 2.75) is 25.9 Å². The van der Waals surface area contributed by atoms with E-state index >= 15 is 0 Å². The molecule has 8 nitrogen and oxygen atoms in total. The van der Waals surface area contributed by atoms with Gasteiger partial charge in [0.1, 0.15) is 0 Å². The summed E-state index contributed by atoms with van der Waals surface area (Å²) in [6, 6.07) is 19.1. The van der Waals surface area contributed by atoms with Crippen LogP contribution < -0.4 is 0 Å². The zero-order valence-corrected chi connectivity index (χ0v) is 16.2. The van der Waals surface area contributed by atoms with Gasteiger partial charge < -0.3 is 9.26 Å². The largest absolute Gasteiger partial charge is 0.456 e. The molecule has 0 atom stereocenters. The van der Waals surface area contributed by atoms with Gasteiger partial charge in [0.2, 0.25) is 11.7 Å². The molecule has 30 heavy (non-hydrogen) atoms. The molecule has 0 saturated carbocycles. The second-order valence-corrected chi connectivity index (χ2v) is 6.72. The van der Waals surface area contributed by atoms with Crippen molar-refractivity contribution in [1.82, 2.24) is 15.1 Å². The number of esters is 1. The van der Waals surface area contributed by atoms with E-state index in [2.05, 4.69) is 15.2 Å². The number of amides is 1. The third kappa shape index (κ3) is 4.78. The molecule has 0 radical (unpaired) electrons. The van der Waals surface area contributed by atoms with Crippen molar-refractivity contribution < 1.29 is 18.8 Å². The minimum absolute atomic E-state index is 0.0313. The molecule has 1 aliphatic heterocycles. The quantitative estimate of drug-likeness (QED) is 0.561. The van der Waals surface area contributed by atoms with E-state index in [-0.39, 0.29) is 31.2 Å². The molecule has 0 spiro atoms. The van der Waals surface area contributed by atoms with Gasteiger partial charge in [0.15, 0.2) is 6.61 Å². The average molecular weight is 404 g/mol. The van der Waals surface area contributed by atoms with Crippen LogP contribution in [-0.4, -0.2) is 39.3 Å². The van der Waals surface area contributed by atoms with Gasteiger partial charge in [0, 0.05) is 18.4 Å². The van der Waals surface area contributed by atoms with Gasteiger partial charge >= 0.3 is 5.97 Å². The third-order valence-electron chi connectivity index (χ3n) is 4.60. The van der Waals surface area contributed by atoms with Crippen LogP contribution in [0.15, 0.2) is 70.3 Å². The van der Waals surface area contributed by atoms with Gasteiger partial charge in [-0.25, -0.2) is 5.01 Å². The number of hydrogen-bond donors (Lipinski definition) is 0. The first-order valence-corrected chi connectivity index (χ1v) is 9.66. The fourth-order valence-electron chi connectivity index (χ4n) is 3.04. The number of rotatable bonds is 7. The second-order valence-electron chi connectivity index (χ2n) is 6.72. The highest BCUT2D eigenvalue weighted by atomic mass is 16.6. The molecule has 0 aliphatic carbocycles. The molecule has 0 unspecified atom stereocenters. The Balaban J connectivity index is 1.23. The molecule has 4 rings (SSSR count). The van der Waals surface area contributed by atoms with Crippen LogP contribution in [0.4, 0.5) is 0 Å². The van der Waals surface area contributed by atoms with Crippen molar-refractivity contribution in [2.24, 2.45) is 5.10 Å². The summed E-state index contributed by atoms with van der Waals surface area (Å²) in [6.07, 6.45) is 0.690. The lowest BCUT2D eigenvalue weighted by atomic mass is 10.1. The van der Waals surface area contributed by atoms with Crippen LogP contribution in [0, 0.1) is 0 Å². The summed E-state index contributed by atoms with van der Waals surface area (Å²) in [5.41, 5.74) is 2.68. The second kappa shape index (κ2) is 9.13. The van der Waals surface area contributed by atoms with E-state index in [1.165, 1.54) is 5.01 Å². The molecule has 0 N–H and O–H groups in total. The average Bonchev–Trinajstić information content (AvgIpc) is 3.47. The Morgan fingerprint density at radius 1 is 0.967 bits per heavy atom. The summed E-state index contributed by atoms with van der Waals surface area (Å²) in [4.78, 5) is 28.5. The van der Waals surface area contributed by atoms with E-state index in [9.17, 15) is 9.59 Å². The maximum atomic E-state index is 12.3. The SMILES string of the molecule is O=C(CCC(=O)N1CCC(c2ccccc2)=N1)OCc1nc(-c2ccccc2)no1. The Bertz CT molecular complexity index is 1050. The Morgan fingerprint density at radius 2 is 1.67 bits per heavy atom. The predicted molar refractivity (Wildman–Crippen MR) is 108 cm³/mol. The fourth-order valence-corrected chi connectivity index (χ4v) is 3.04. The highest BCUT2D eigenvalue weighted by Gasteiger charge is 2.22. The molecular weight excluding hydrogens is 384 g/mol. The van der Waals surface area contributed by atoms with Crippen molar-refractivity contribution in [1.29, 1.82) is 0 Å². The number of carbonyl (C=O) groups excluding carboxylic acids is 2. The van der Waals surface area contributed by atoms with E-state index in [0.717, 1.165) is 16.8 Å². The van der Waals surface area contributed by atoms with Crippen molar-refractivity contribution in [3.05, 3.63) is 72.1 Å². The van der Waals surface area contributed by atoms with Crippen LogP contribution >= 0.6 is 0 Å². The summed E-state index contributed by atoms with van der Waals surface area (Å²) < 4.78 is 10.2.